The molecule has 3 aromatic rings. The first-order chi connectivity index (χ1) is 11.7. The lowest BCUT2D eigenvalue weighted by molar-refractivity contribution is 0.109. The molecular weight excluding hydrogens is 300 g/mol. The normalized spacial score (nSPS) is 12.3. The smallest absolute Gasteiger partial charge is 0.131 e. The molecule has 0 radical (unpaired) electrons. The number of hydrogen-bond donors (Lipinski definition) is 2. The van der Waals surface area contributed by atoms with Crippen molar-refractivity contribution in [3.05, 3.63) is 60.2 Å². The average molecular weight is 322 g/mol. The second kappa shape index (κ2) is 7.43. The molecule has 1 heterocycles. The Labute approximate surface area is 142 Å². The Bertz CT molecular complexity index is 815. The van der Waals surface area contributed by atoms with Crippen LogP contribution in [0.5, 0.6) is 5.75 Å². The van der Waals surface area contributed by atoms with Crippen molar-refractivity contribution in [1.29, 1.82) is 0 Å². The fourth-order valence-electron chi connectivity index (χ4n) is 2.62. The predicted molar refractivity (Wildman–Crippen MR) is 97.3 cm³/mol. The molecule has 0 aliphatic heterocycles. The van der Waals surface area contributed by atoms with Gasteiger partial charge in [-0.05, 0) is 26.1 Å². The monoisotopic (exact) mass is 322 g/mol. The number of hydrogen-bond acceptors (Lipinski definition) is 4. The number of rotatable bonds is 6. The third kappa shape index (κ3) is 3.72. The highest BCUT2D eigenvalue weighted by Gasteiger charge is 2.10. The van der Waals surface area contributed by atoms with Crippen LogP contribution in [0.1, 0.15) is 5.56 Å². The van der Waals surface area contributed by atoms with Crippen LogP contribution in [0.3, 0.4) is 0 Å². The van der Waals surface area contributed by atoms with Crippen molar-refractivity contribution in [3.8, 4) is 17.0 Å². The minimum Gasteiger partial charge on any atom is -0.490 e. The lowest BCUT2D eigenvalue weighted by Crippen LogP contribution is -2.29. The van der Waals surface area contributed by atoms with Crippen LogP contribution in [0.25, 0.3) is 22.2 Å². The van der Waals surface area contributed by atoms with Gasteiger partial charge in [-0.25, -0.2) is 4.98 Å². The van der Waals surface area contributed by atoms with Gasteiger partial charge < -0.3 is 15.2 Å². The summed E-state index contributed by atoms with van der Waals surface area (Å²) >= 11 is 0. The molecule has 0 spiro atoms. The van der Waals surface area contributed by atoms with Crippen LogP contribution in [0.2, 0.25) is 0 Å². The quantitative estimate of drug-likeness (QED) is 0.732. The van der Waals surface area contributed by atoms with Crippen molar-refractivity contribution in [1.82, 2.24) is 10.3 Å². The molecule has 0 unspecified atom stereocenters. The maximum absolute atomic E-state index is 9.90. The molecule has 0 saturated heterocycles. The maximum Gasteiger partial charge on any atom is 0.131 e. The number of aromatic nitrogens is 1. The number of para-hydroxylation sites is 1. The van der Waals surface area contributed by atoms with E-state index < -0.39 is 6.10 Å². The van der Waals surface area contributed by atoms with Crippen LogP contribution in [0, 0.1) is 6.92 Å². The Morgan fingerprint density at radius 3 is 2.62 bits per heavy atom. The standard InChI is InChI=1S/C20H22N2O2/c1-14-7-9-15(10-8-14)19-11-20(24-13-16(23)12-21-2)17-5-3-4-6-18(17)22-19/h3-11,16,21,23H,12-13H2,1-2H3/t16-/m0/s1. The molecule has 0 aliphatic rings. The van der Waals surface area contributed by atoms with Crippen LogP contribution in [-0.4, -0.2) is 36.4 Å². The minimum atomic E-state index is -0.551. The highest BCUT2D eigenvalue weighted by atomic mass is 16.5. The third-order valence-corrected chi connectivity index (χ3v) is 3.90. The van der Waals surface area contributed by atoms with E-state index in [9.17, 15) is 5.11 Å². The Balaban J connectivity index is 1.98. The van der Waals surface area contributed by atoms with Crippen molar-refractivity contribution in [3.63, 3.8) is 0 Å². The largest absolute Gasteiger partial charge is 0.490 e. The van der Waals surface area contributed by atoms with E-state index in [1.54, 1.807) is 7.05 Å². The lowest BCUT2D eigenvalue weighted by Gasteiger charge is -2.14. The number of nitrogens with zero attached hydrogens (tertiary/aromatic N) is 1. The van der Waals surface area contributed by atoms with Gasteiger partial charge in [0.2, 0.25) is 0 Å². The summed E-state index contributed by atoms with van der Waals surface area (Å²) in [5.41, 5.74) is 4.01. The molecule has 0 aliphatic carbocycles. The van der Waals surface area contributed by atoms with Crippen LogP contribution < -0.4 is 10.1 Å². The molecule has 2 N–H and O–H groups in total. The van der Waals surface area contributed by atoms with Gasteiger partial charge in [-0.3, -0.25) is 0 Å². The van der Waals surface area contributed by atoms with E-state index in [0.29, 0.717) is 6.54 Å². The zero-order chi connectivity index (χ0) is 16.9. The summed E-state index contributed by atoms with van der Waals surface area (Å²) in [4.78, 5) is 4.74. The number of aliphatic hydroxyl groups excluding tert-OH is 1. The van der Waals surface area contributed by atoms with Crippen molar-refractivity contribution in [2.45, 2.75) is 13.0 Å². The number of likely N-dealkylation sites (N-methyl/N-ethyl adjacent to an activating group) is 1. The highest BCUT2D eigenvalue weighted by Crippen LogP contribution is 2.30. The highest BCUT2D eigenvalue weighted by molar-refractivity contribution is 5.87. The van der Waals surface area contributed by atoms with E-state index >= 15 is 0 Å². The van der Waals surface area contributed by atoms with Gasteiger partial charge in [0.25, 0.3) is 0 Å². The molecule has 0 bridgehead atoms. The van der Waals surface area contributed by atoms with Crippen molar-refractivity contribution in [2.24, 2.45) is 0 Å². The molecule has 4 nitrogen and oxygen atoms in total. The summed E-state index contributed by atoms with van der Waals surface area (Å²) < 4.78 is 5.89. The van der Waals surface area contributed by atoms with Gasteiger partial charge in [-0.1, -0.05) is 42.0 Å². The molecule has 2 aromatic carbocycles. The van der Waals surface area contributed by atoms with E-state index in [1.807, 2.05) is 30.3 Å². The summed E-state index contributed by atoms with van der Waals surface area (Å²) in [5, 5.41) is 13.8. The molecule has 0 amide bonds. The lowest BCUT2D eigenvalue weighted by atomic mass is 10.1. The summed E-state index contributed by atoms with van der Waals surface area (Å²) in [6.45, 7) is 2.80. The number of pyridine rings is 1. The zero-order valence-electron chi connectivity index (χ0n) is 14.0. The van der Waals surface area contributed by atoms with E-state index in [4.69, 9.17) is 9.72 Å². The van der Waals surface area contributed by atoms with Crippen LogP contribution in [-0.2, 0) is 0 Å². The molecular formula is C20H22N2O2. The fourth-order valence-corrected chi connectivity index (χ4v) is 2.62. The molecule has 1 aromatic heterocycles. The number of benzene rings is 2. The van der Waals surface area contributed by atoms with Gasteiger partial charge >= 0.3 is 0 Å². The van der Waals surface area contributed by atoms with Crippen molar-refractivity contribution >= 4 is 10.9 Å². The first-order valence-electron chi connectivity index (χ1n) is 8.09. The van der Waals surface area contributed by atoms with Crippen molar-refractivity contribution < 1.29 is 9.84 Å². The van der Waals surface area contributed by atoms with Gasteiger partial charge in [-0.2, -0.15) is 0 Å². The Kier molecular flexibility index (Phi) is 5.08. The third-order valence-electron chi connectivity index (χ3n) is 3.90. The number of aryl methyl sites for hydroxylation is 1. The summed E-state index contributed by atoms with van der Waals surface area (Å²) in [5.74, 6) is 0.742. The predicted octanol–water partition coefficient (Wildman–Crippen LogP) is 3.17. The van der Waals surface area contributed by atoms with Crippen molar-refractivity contribution in [2.75, 3.05) is 20.2 Å². The number of aliphatic hydroxyl groups is 1. The first kappa shape index (κ1) is 16.4. The molecule has 4 heteroatoms. The summed E-state index contributed by atoms with van der Waals surface area (Å²) in [6, 6.07) is 18.1. The van der Waals surface area contributed by atoms with Crippen LogP contribution in [0.15, 0.2) is 54.6 Å². The fraction of sp³-hybridized carbons (Fsp3) is 0.250. The first-order valence-corrected chi connectivity index (χ1v) is 8.09. The summed E-state index contributed by atoms with van der Waals surface area (Å²) in [7, 11) is 1.81. The van der Waals surface area contributed by atoms with Gasteiger partial charge in [0.1, 0.15) is 18.5 Å². The SMILES string of the molecule is CNC[C@H](O)COc1cc(-c2ccc(C)cc2)nc2ccccc12. The van der Waals surface area contributed by atoms with Gasteiger partial charge in [0.05, 0.1) is 11.2 Å². The maximum atomic E-state index is 9.90. The molecule has 0 fully saturated rings. The molecule has 24 heavy (non-hydrogen) atoms. The second-order valence-corrected chi connectivity index (χ2v) is 5.91. The van der Waals surface area contributed by atoms with Crippen LogP contribution >= 0.6 is 0 Å². The molecule has 124 valence electrons. The topological polar surface area (TPSA) is 54.4 Å². The van der Waals surface area contributed by atoms with Crippen LogP contribution in [0.4, 0.5) is 0 Å². The Morgan fingerprint density at radius 2 is 1.88 bits per heavy atom. The number of nitrogens with one attached hydrogen (secondary N) is 1. The van der Waals surface area contributed by atoms with E-state index in [2.05, 4.69) is 36.5 Å². The van der Waals surface area contributed by atoms with Gasteiger partial charge in [-0.15, -0.1) is 0 Å². The molecule has 0 saturated carbocycles. The number of ether oxygens (including phenoxy) is 1. The molecule has 1 atom stereocenters. The van der Waals surface area contributed by atoms with E-state index in [-0.39, 0.29) is 6.61 Å². The van der Waals surface area contributed by atoms with Gasteiger partial charge in [0.15, 0.2) is 0 Å². The van der Waals surface area contributed by atoms with Gasteiger partial charge in [0, 0.05) is 23.6 Å². The number of fused-ring (bicyclic) bond motifs is 1. The zero-order valence-corrected chi connectivity index (χ0v) is 14.0. The summed E-state index contributed by atoms with van der Waals surface area (Å²) in [6.07, 6.45) is -0.551. The minimum absolute atomic E-state index is 0.238. The average Bonchev–Trinajstić information content (AvgIpc) is 2.60. The Hall–Kier alpha value is -2.43. The molecule has 3 rings (SSSR count). The van der Waals surface area contributed by atoms with E-state index in [0.717, 1.165) is 27.9 Å². The van der Waals surface area contributed by atoms with E-state index in [1.165, 1.54) is 5.56 Å². The second-order valence-electron chi connectivity index (χ2n) is 5.91. The Morgan fingerprint density at radius 1 is 1.12 bits per heavy atom.